The second kappa shape index (κ2) is 3.64. The van der Waals surface area contributed by atoms with E-state index in [9.17, 15) is 0 Å². The summed E-state index contributed by atoms with van der Waals surface area (Å²) in [6, 6.07) is 0. The van der Waals surface area contributed by atoms with Crippen molar-refractivity contribution in [2.75, 3.05) is 14.1 Å². The summed E-state index contributed by atoms with van der Waals surface area (Å²) in [7, 11) is 4.08. The first-order valence-corrected chi connectivity index (χ1v) is 5.09. The highest BCUT2D eigenvalue weighted by atomic mass is 15.1. The molecule has 0 amide bonds. The van der Waals surface area contributed by atoms with E-state index in [1.807, 2.05) is 14.1 Å². The predicted octanol–water partition coefficient (Wildman–Crippen LogP) is 3.22. The van der Waals surface area contributed by atoms with E-state index in [1.165, 1.54) is 5.57 Å². The van der Waals surface area contributed by atoms with Crippen LogP contribution in [0.3, 0.4) is 0 Å². The average Bonchev–Trinajstić information content (AvgIpc) is 2.49. The Morgan fingerprint density at radius 2 is 1.93 bits per heavy atom. The lowest BCUT2D eigenvalue weighted by Crippen LogP contribution is -2.15. The van der Waals surface area contributed by atoms with Crippen molar-refractivity contribution < 1.29 is 0 Å². The smallest absolute Gasteiger partial charge is 0.0352 e. The summed E-state index contributed by atoms with van der Waals surface area (Å²) >= 11 is 0. The molecule has 0 bridgehead atoms. The summed E-state index contributed by atoms with van der Waals surface area (Å²) in [5.41, 5.74) is 2.81. The van der Waals surface area contributed by atoms with Gasteiger partial charge in [-0.15, -0.1) is 0 Å². The Kier molecular flexibility index (Phi) is 2.89. The maximum atomic E-state index is 4.08. The zero-order valence-electron chi connectivity index (χ0n) is 9.96. The van der Waals surface area contributed by atoms with Crippen LogP contribution in [0.25, 0.3) is 0 Å². The Hall–Kier alpha value is -0.980. The number of nitrogens with zero attached hydrogens (tertiary/aromatic N) is 1. The second-order valence-corrected chi connectivity index (χ2v) is 5.14. The third-order valence-electron chi connectivity index (χ3n) is 2.67. The molecule has 1 aliphatic carbocycles. The molecule has 0 fully saturated rings. The summed E-state index contributed by atoms with van der Waals surface area (Å²) in [5, 5.41) is 0. The van der Waals surface area contributed by atoms with E-state index >= 15 is 0 Å². The molecule has 0 radical (unpaired) electrons. The Labute approximate surface area is 87.8 Å². The van der Waals surface area contributed by atoms with Gasteiger partial charge in [0, 0.05) is 25.7 Å². The van der Waals surface area contributed by atoms with Crippen molar-refractivity contribution in [3.63, 3.8) is 0 Å². The lowest BCUT2D eigenvalue weighted by molar-refractivity contribution is 0.476. The Morgan fingerprint density at radius 3 is 2.29 bits per heavy atom. The summed E-state index contributed by atoms with van der Waals surface area (Å²) < 4.78 is 0. The number of rotatable bonds is 2. The van der Waals surface area contributed by atoms with Crippen molar-refractivity contribution in [1.82, 2.24) is 4.90 Å². The Bertz CT molecular complexity index is 287. The summed E-state index contributed by atoms with van der Waals surface area (Å²) in [4.78, 5) is 2.08. The minimum atomic E-state index is 0.248. The summed E-state index contributed by atoms with van der Waals surface area (Å²) in [5.74, 6) is 0.388. The van der Waals surface area contributed by atoms with Crippen LogP contribution in [0.15, 0.2) is 36.1 Å². The van der Waals surface area contributed by atoms with E-state index < -0.39 is 0 Å². The minimum absolute atomic E-state index is 0.248. The topological polar surface area (TPSA) is 3.24 Å². The fraction of sp³-hybridized carbons (Fsp3) is 0.538. The van der Waals surface area contributed by atoms with Crippen LogP contribution in [-0.2, 0) is 0 Å². The molecule has 1 aliphatic rings. The molecular formula is C13H21N. The van der Waals surface area contributed by atoms with Gasteiger partial charge in [0.25, 0.3) is 0 Å². The van der Waals surface area contributed by atoms with Crippen molar-refractivity contribution >= 4 is 0 Å². The maximum Gasteiger partial charge on any atom is 0.0352 e. The largest absolute Gasteiger partial charge is 0.381 e. The van der Waals surface area contributed by atoms with Crippen LogP contribution in [0.1, 0.15) is 20.8 Å². The van der Waals surface area contributed by atoms with Gasteiger partial charge >= 0.3 is 0 Å². The molecule has 1 nitrogen and oxygen atoms in total. The molecule has 14 heavy (non-hydrogen) atoms. The lowest BCUT2D eigenvalue weighted by atomic mass is 9.87. The standard InChI is InChI=1S/C13H21N/c1-10(14(5)6)11-7-8-12(9-11)13(2,3)4/h7-9,11H,1H2,2-6H3. The highest BCUT2D eigenvalue weighted by molar-refractivity contribution is 5.37. The van der Waals surface area contributed by atoms with Gasteiger partial charge in [0.15, 0.2) is 0 Å². The molecule has 1 unspecified atom stereocenters. The van der Waals surface area contributed by atoms with Gasteiger partial charge in [-0.2, -0.15) is 0 Å². The molecule has 0 N–H and O–H groups in total. The third-order valence-corrected chi connectivity index (χ3v) is 2.67. The Balaban J connectivity index is 2.79. The number of hydrogen-bond donors (Lipinski definition) is 0. The van der Waals surface area contributed by atoms with Crippen molar-refractivity contribution in [3.05, 3.63) is 36.1 Å². The quantitative estimate of drug-likeness (QED) is 0.648. The lowest BCUT2D eigenvalue weighted by Gasteiger charge is -2.21. The first kappa shape index (κ1) is 11.1. The minimum Gasteiger partial charge on any atom is -0.381 e. The van der Waals surface area contributed by atoms with E-state index in [-0.39, 0.29) is 5.41 Å². The van der Waals surface area contributed by atoms with Gasteiger partial charge in [-0.1, -0.05) is 45.6 Å². The molecular weight excluding hydrogens is 170 g/mol. The van der Waals surface area contributed by atoms with Crippen LogP contribution in [0, 0.1) is 11.3 Å². The normalized spacial score (nSPS) is 20.9. The molecule has 1 atom stereocenters. The van der Waals surface area contributed by atoms with E-state index in [1.54, 1.807) is 0 Å². The van der Waals surface area contributed by atoms with Gasteiger partial charge in [-0.05, 0) is 11.0 Å². The van der Waals surface area contributed by atoms with Gasteiger partial charge in [-0.3, -0.25) is 0 Å². The van der Waals surface area contributed by atoms with Crippen LogP contribution >= 0.6 is 0 Å². The zero-order valence-corrected chi connectivity index (χ0v) is 9.96. The number of hydrogen-bond acceptors (Lipinski definition) is 1. The fourth-order valence-corrected chi connectivity index (χ4v) is 1.52. The monoisotopic (exact) mass is 191 g/mol. The molecule has 0 aliphatic heterocycles. The van der Waals surface area contributed by atoms with Gasteiger partial charge in [-0.25, -0.2) is 0 Å². The predicted molar refractivity (Wildman–Crippen MR) is 63.0 cm³/mol. The van der Waals surface area contributed by atoms with Crippen molar-refractivity contribution in [3.8, 4) is 0 Å². The van der Waals surface area contributed by atoms with Crippen LogP contribution in [0.4, 0.5) is 0 Å². The van der Waals surface area contributed by atoms with Gasteiger partial charge < -0.3 is 4.90 Å². The van der Waals surface area contributed by atoms with E-state index in [4.69, 9.17) is 0 Å². The summed E-state index contributed by atoms with van der Waals surface area (Å²) in [6.07, 6.45) is 6.75. The molecule has 0 heterocycles. The third kappa shape index (κ3) is 2.28. The molecule has 0 saturated heterocycles. The highest BCUT2D eigenvalue weighted by Gasteiger charge is 2.21. The number of allylic oxidation sites excluding steroid dienone is 3. The molecule has 0 aromatic heterocycles. The van der Waals surface area contributed by atoms with Crippen molar-refractivity contribution in [1.29, 1.82) is 0 Å². The van der Waals surface area contributed by atoms with Crippen LogP contribution in [-0.4, -0.2) is 19.0 Å². The molecule has 0 saturated carbocycles. The van der Waals surface area contributed by atoms with Crippen LogP contribution in [0.5, 0.6) is 0 Å². The first-order valence-electron chi connectivity index (χ1n) is 5.09. The molecule has 78 valence electrons. The highest BCUT2D eigenvalue weighted by Crippen LogP contribution is 2.34. The van der Waals surface area contributed by atoms with Gasteiger partial charge in [0.05, 0.1) is 0 Å². The first-order chi connectivity index (χ1) is 6.32. The molecule has 0 aromatic carbocycles. The van der Waals surface area contributed by atoms with E-state index in [0.717, 1.165) is 5.70 Å². The molecule has 1 heteroatoms. The molecule has 0 spiro atoms. The van der Waals surface area contributed by atoms with Crippen molar-refractivity contribution in [2.45, 2.75) is 20.8 Å². The van der Waals surface area contributed by atoms with Gasteiger partial charge in [0.2, 0.25) is 0 Å². The molecule has 0 aromatic rings. The molecule has 1 rings (SSSR count). The fourth-order valence-electron chi connectivity index (χ4n) is 1.52. The summed E-state index contributed by atoms with van der Waals surface area (Å²) in [6.45, 7) is 10.8. The zero-order chi connectivity index (χ0) is 10.9. The second-order valence-electron chi connectivity index (χ2n) is 5.14. The van der Waals surface area contributed by atoms with Crippen molar-refractivity contribution in [2.24, 2.45) is 11.3 Å². The Morgan fingerprint density at radius 1 is 1.36 bits per heavy atom. The van der Waals surface area contributed by atoms with Gasteiger partial charge in [0.1, 0.15) is 0 Å². The maximum absolute atomic E-state index is 4.08. The SMILES string of the molecule is C=C(C1C=CC(C(C)(C)C)=C1)N(C)C. The van der Waals surface area contributed by atoms with E-state index in [0.29, 0.717) is 5.92 Å². The van der Waals surface area contributed by atoms with Crippen LogP contribution < -0.4 is 0 Å². The van der Waals surface area contributed by atoms with E-state index in [2.05, 4.69) is 50.5 Å². The van der Waals surface area contributed by atoms with Crippen LogP contribution in [0.2, 0.25) is 0 Å². The average molecular weight is 191 g/mol.